The number of benzene rings is 1. The lowest BCUT2D eigenvalue weighted by Gasteiger charge is -2.17. The first-order valence-corrected chi connectivity index (χ1v) is 10.2. The van der Waals surface area contributed by atoms with Gasteiger partial charge in [-0.2, -0.15) is 0 Å². The maximum atomic E-state index is 12.5. The number of H-pyrrole nitrogens is 1. The Balaban J connectivity index is 1.42. The predicted octanol–water partition coefficient (Wildman–Crippen LogP) is 3.37. The van der Waals surface area contributed by atoms with Crippen LogP contribution in [0.15, 0.2) is 29.1 Å². The number of nitrogens with zero attached hydrogens (tertiary/aromatic N) is 2. The molecule has 0 atom stereocenters. The lowest BCUT2D eigenvalue weighted by Crippen LogP contribution is -2.26. The number of carbonyl (C=O) groups excluding carboxylic acids is 1. The molecule has 4 rings (SSSR count). The molecule has 0 radical (unpaired) electrons. The molecule has 6 heteroatoms. The number of hydrogen-bond donors (Lipinski definition) is 1. The van der Waals surface area contributed by atoms with Gasteiger partial charge in [0.15, 0.2) is 0 Å². The number of carbonyl (C=O) groups is 1. The molecular formula is C21H23N3O2S. The number of aryl methyl sites for hydroxylation is 4. The average molecular weight is 382 g/mol. The van der Waals surface area contributed by atoms with E-state index in [9.17, 15) is 9.59 Å². The average Bonchev–Trinajstić information content (AvgIpc) is 3.22. The van der Waals surface area contributed by atoms with E-state index in [-0.39, 0.29) is 11.5 Å². The zero-order valence-electron chi connectivity index (χ0n) is 15.7. The summed E-state index contributed by atoms with van der Waals surface area (Å²) in [6, 6.07) is 8.19. The molecule has 27 heavy (non-hydrogen) atoms. The van der Waals surface area contributed by atoms with Crippen molar-refractivity contribution in [3.63, 3.8) is 0 Å². The van der Waals surface area contributed by atoms with E-state index < -0.39 is 0 Å². The van der Waals surface area contributed by atoms with Crippen LogP contribution >= 0.6 is 11.3 Å². The van der Waals surface area contributed by atoms with E-state index in [0.29, 0.717) is 25.2 Å². The summed E-state index contributed by atoms with van der Waals surface area (Å²) in [5.74, 6) is 0.650. The predicted molar refractivity (Wildman–Crippen MR) is 108 cm³/mol. The van der Waals surface area contributed by atoms with Gasteiger partial charge in [-0.1, -0.05) is 29.8 Å². The number of thiophene rings is 1. The second-order valence-corrected chi connectivity index (χ2v) is 8.37. The van der Waals surface area contributed by atoms with Gasteiger partial charge in [0.1, 0.15) is 10.7 Å². The monoisotopic (exact) mass is 381 g/mol. The smallest absolute Gasteiger partial charge is 0.259 e. The van der Waals surface area contributed by atoms with Crippen LogP contribution in [0.3, 0.4) is 0 Å². The number of aromatic nitrogens is 2. The summed E-state index contributed by atoms with van der Waals surface area (Å²) in [5.41, 5.74) is 3.44. The third-order valence-electron chi connectivity index (χ3n) is 5.17. The van der Waals surface area contributed by atoms with Crippen molar-refractivity contribution in [3.8, 4) is 0 Å². The molecule has 0 saturated heterocycles. The maximum Gasteiger partial charge on any atom is 0.259 e. The van der Waals surface area contributed by atoms with Crippen LogP contribution in [0.25, 0.3) is 10.2 Å². The van der Waals surface area contributed by atoms with Gasteiger partial charge in [0.05, 0.1) is 5.39 Å². The first-order chi connectivity index (χ1) is 13.0. The number of hydrogen-bond acceptors (Lipinski definition) is 4. The molecule has 0 fully saturated rings. The van der Waals surface area contributed by atoms with Crippen LogP contribution in [0, 0.1) is 6.92 Å². The summed E-state index contributed by atoms with van der Waals surface area (Å²) >= 11 is 1.63. The van der Waals surface area contributed by atoms with Crippen LogP contribution in [0.4, 0.5) is 0 Å². The van der Waals surface area contributed by atoms with Crippen molar-refractivity contribution in [1.29, 1.82) is 0 Å². The van der Waals surface area contributed by atoms with Crippen LogP contribution in [-0.2, 0) is 30.6 Å². The van der Waals surface area contributed by atoms with E-state index in [1.165, 1.54) is 16.0 Å². The maximum absolute atomic E-state index is 12.5. The topological polar surface area (TPSA) is 66.1 Å². The van der Waals surface area contributed by atoms with Gasteiger partial charge in [0.25, 0.3) is 5.56 Å². The van der Waals surface area contributed by atoms with E-state index in [4.69, 9.17) is 0 Å². The first-order valence-electron chi connectivity index (χ1n) is 9.34. The second-order valence-electron chi connectivity index (χ2n) is 7.29. The molecule has 2 heterocycles. The van der Waals surface area contributed by atoms with Gasteiger partial charge < -0.3 is 9.88 Å². The Morgan fingerprint density at radius 2 is 2.04 bits per heavy atom. The van der Waals surface area contributed by atoms with E-state index >= 15 is 0 Å². The van der Waals surface area contributed by atoms with Gasteiger partial charge in [-0.3, -0.25) is 9.59 Å². The van der Waals surface area contributed by atoms with Gasteiger partial charge in [0.2, 0.25) is 5.91 Å². The Labute approximate surface area is 162 Å². The van der Waals surface area contributed by atoms with Gasteiger partial charge in [-0.05, 0) is 37.3 Å². The summed E-state index contributed by atoms with van der Waals surface area (Å²) in [7, 11) is 1.81. The highest BCUT2D eigenvalue weighted by molar-refractivity contribution is 7.18. The molecule has 2 aromatic heterocycles. The molecule has 0 unspecified atom stereocenters. The van der Waals surface area contributed by atoms with Crippen molar-refractivity contribution in [2.75, 3.05) is 7.05 Å². The summed E-state index contributed by atoms with van der Waals surface area (Å²) in [5, 5.41) is 0.763. The summed E-state index contributed by atoms with van der Waals surface area (Å²) in [4.78, 5) is 36.3. The molecule has 0 aliphatic heterocycles. The highest BCUT2D eigenvalue weighted by Gasteiger charge is 2.21. The molecular weight excluding hydrogens is 358 g/mol. The SMILES string of the molecule is Cc1ccc(CN(C)C(=O)CCc2nc3sc4c(c3c(=O)[nH]2)CCC4)cc1. The third-order valence-corrected chi connectivity index (χ3v) is 6.35. The number of rotatable bonds is 5. The molecule has 0 bridgehead atoms. The fourth-order valence-corrected chi connectivity index (χ4v) is 4.92. The molecule has 1 amide bonds. The Kier molecular flexibility index (Phi) is 4.83. The lowest BCUT2D eigenvalue weighted by molar-refractivity contribution is -0.130. The van der Waals surface area contributed by atoms with Crippen molar-refractivity contribution >= 4 is 27.5 Å². The highest BCUT2D eigenvalue weighted by Crippen LogP contribution is 2.34. The zero-order valence-corrected chi connectivity index (χ0v) is 16.5. The van der Waals surface area contributed by atoms with Crippen LogP contribution in [0.2, 0.25) is 0 Å². The van der Waals surface area contributed by atoms with Gasteiger partial charge >= 0.3 is 0 Å². The van der Waals surface area contributed by atoms with E-state index in [0.717, 1.165) is 35.0 Å². The van der Waals surface area contributed by atoms with Crippen molar-refractivity contribution < 1.29 is 4.79 Å². The quantitative estimate of drug-likeness (QED) is 0.737. The largest absolute Gasteiger partial charge is 0.341 e. The van der Waals surface area contributed by atoms with Crippen LogP contribution in [-0.4, -0.2) is 27.8 Å². The number of fused-ring (bicyclic) bond motifs is 3. The Hall–Kier alpha value is -2.47. The molecule has 0 saturated carbocycles. The Bertz CT molecular complexity index is 1050. The molecule has 1 aliphatic rings. The van der Waals surface area contributed by atoms with Gasteiger partial charge in [-0.15, -0.1) is 11.3 Å². The molecule has 5 nitrogen and oxygen atoms in total. The number of aromatic amines is 1. The van der Waals surface area contributed by atoms with Crippen molar-refractivity contribution in [3.05, 3.63) is 62.0 Å². The van der Waals surface area contributed by atoms with Gasteiger partial charge in [0, 0.05) is 31.3 Å². The summed E-state index contributed by atoms with van der Waals surface area (Å²) < 4.78 is 0. The van der Waals surface area contributed by atoms with E-state index in [1.54, 1.807) is 16.2 Å². The molecule has 1 aliphatic carbocycles. The van der Waals surface area contributed by atoms with Crippen LogP contribution in [0.5, 0.6) is 0 Å². The minimum atomic E-state index is -0.0603. The van der Waals surface area contributed by atoms with Gasteiger partial charge in [-0.25, -0.2) is 4.98 Å². The second kappa shape index (κ2) is 7.27. The number of amides is 1. The molecule has 1 N–H and O–H groups in total. The van der Waals surface area contributed by atoms with Crippen molar-refractivity contribution in [2.24, 2.45) is 0 Å². The van der Waals surface area contributed by atoms with Crippen LogP contribution < -0.4 is 5.56 Å². The molecule has 1 aromatic carbocycles. The minimum Gasteiger partial charge on any atom is -0.341 e. The van der Waals surface area contributed by atoms with Crippen molar-refractivity contribution in [2.45, 2.75) is 45.6 Å². The molecule has 3 aromatic rings. The van der Waals surface area contributed by atoms with Crippen LogP contribution in [0.1, 0.15) is 40.2 Å². The summed E-state index contributed by atoms with van der Waals surface area (Å²) in [6.07, 6.45) is 3.93. The van der Waals surface area contributed by atoms with Crippen molar-refractivity contribution in [1.82, 2.24) is 14.9 Å². The Morgan fingerprint density at radius 1 is 1.26 bits per heavy atom. The minimum absolute atomic E-state index is 0.0481. The highest BCUT2D eigenvalue weighted by atomic mass is 32.1. The summed E-state index contributed by atoms with van der Waals surface area (Å²) in [6.45, 7) is 2.63. The lowest BCUT2D eigenvalue weighted by atomic mass is 10.1. The third kappa shape index (κ3) is 3.67. The normalized spacial score (nSPS) is 13.1. The fraction of sp³-hybridized carbons (Fsp3) is 0.381. The standard InChI is InChI=1S/C21H23N3O2S/c1-13-6-8-14(9-7-13)12-24(2)18(25)11-10-17-22-20(26)19-15-4-3-5-16(15)27-21(19)23-17/h6-9H,3-5,10-12H2,1-2H3,(H,22,23,26). The van der Waals surface area contributed by atoms with E-state index in [2.05, 4.69) is 22.1 Å². The molecule has 140 valence electrons. The van der Waals surface area contributed by atoms with E-state index in [1.807, 2.05) is 26.1 Å². The fourth-order valence-electron chi connectivity index (χ4n) is 3.64. The zero-order chi connectivity index (χ0) is 19.0. The Morgan fingerprint density at radius 3 is 2.81 bits per heavy atom. The first kappa shape index (κ1) is 17.9. The molecule has 0 spiro atoms. The number of nitrogens with one attached hydrogen (secondary N) is 1.